The topological polar surface area (TPSA) is 33.2 Å². The van der Waals surface area contributed by atoms with Crippen LogP contribution in [0.1, 0.15) is 22.5 Å². The highest BCUT2D eigenvalue weighted by atomic mass is 32.1. The number of carbonyl (C=O) groups is 1. The Balaban J connectivity index is 1.87. The van der Waals surface area contributed by atoms with Crippen LogP contribution >= 0.6 is 11.5 Å². The van der Waals surface area contributed by atoms with Gasteiger partial charge in [-0.3, -0.25) is 4.79 Å². The SMILES string of the molecule is O=C1CCN(Cc2ccccc2)c2csnc21. The second-order valence-corrected chi connectivity index (χ2v) is 4.76. The molecule has 0 atom stereocenters. The van der Waals surface area contributed by atoms with Gasteiger partial charge in [-0.2, -0.15) is 4.37 Å². The minimum atomic E-state index is 0.172. The molecule has 0 radical (unpaired) electrons. The molecule has 0 saturated carbocycles. The first-order chi connectivity index (χ1) is 8.34. The van der Waals surface area contributed by atoms with Crippen molar-refractivity contribution < 1.29 is 4.79 Å². The lowest BCUT2D eigenvalue weighted by molar-refractivity contribution is 0.0976. The molecule has 3 nitrogen and oxygen atoms in total. The van der Waals surface area contributed by atoms with E-state index in [4.69, 9.17) is 0 Å². The van der Waals surface area contributed by atoms with Crippen molar-refractivity contribution in [1.82, 2.24) is 4.37 Å². The van der Waals surface area contributed by atoms with Crippen LogP contribution in [0.4, 0.5) is 5.69 Å². The summed E-state index contributed by atoms with van der Waals surface area (Å²) in [7, 11) is 0. The Bertz CT molecular complexity index is 535. The quantitative estimate of drug-likeness (QED) is 0.814. The number of benzene rings is 1. The Hall–Kier alpha value is -1.68. The molecule has 17 heavy (non-hydrogen) atoms. The van der Waals surface area contributed by atoms with Crippen LogP contribution in [-0.4, -0.2) is 16.7 Å². The van der Waals surface area contributed by atoms with E-state index in [9.17, 15) is 4.79 Å². The number of ketones is 1. The maximum absolute atomic E-state index is 11.7. The van der Waals surface area contributed by atoms with Gasteiger partial charge in [0.05, 0.1) is 5.69 Å². The second-order valence-electron chi connectivity index (χ2n) is 4.13. The van der Waals surface area contributed by atoms with Crippen molar-refractivity contribution in [3.05, 3.63) is 47.0 Å². The van der Waals surface area contributed by atoms with Gasteiger partial charge in [-0.25, -0.2) is 0 Å². The van der Waals surface area contributed by atoms with Gasteiger partial charge in [-0.05, 0) is 17.1 Å². The lowest BCUT2D eigenvalue weighted by atomic mass is 10.1. The Morgan fingerprint density at radius 1 is 1.29 bits per heavy atom. The molecule has 2 heterocycles. The normalized spacial score (nSPS) is 14.8. The molecule has 2 aromatic rings. The van der Waals surface area contributed by atoms with Gasteiger partial charge in [-0.1, -0.05) is 30.3 Å². The number of rotatable bonds is 2. The van der Waals surface area contributed by atoms with Gasteiger partial charge in [0.1, 0.15) is 5.69 Å². The molecule has 1 aliphatic heterocycles. The van der Waals surface area contributed by atoms with Gasteiger partial charge >= 0.3 is 0 Å². The van der Waals surface area contributed by atoms with Crippen LogP contribution in [0.5, 0.6) is 0 Å². The van der Waals surface area contributed by atoms with Crippen LogP contribution < -0.4 is 4.90 Å². The average molecular weight is 244 g/mol. The fourth-order valence-corrected chi connectivity index (χ4v) is 2.81. The molecule has 0 fully saturated rings. The summed E-state index contributed by atoms with van der Waals surface area (Å²) in [6.07, 6.45) is 0.573. The molecule has 3 rings (SSSR count). The molecule has 0 bridgehead atoms. The molecule has 1 aliphatic rings. The van der Waals surface area contributed by atoms with E-state index in [-0.39, 0.29) is 5.78 Å². The van der Waals surface area contributed by atoms with Crippen LogP contribution in [0, 0.1) is 0 Å². The predicted octanol–water partition coefficient (Wildman–Crippen LogP) is 2.74. The second kappa shape index (κ2) is 4.30. The molecular formula is C13H12N2OS. The predicted molar refractivity (Wildman–Crippen MR) is 68.6 cm³/mol. The summed E-state index contributed by atoms with van der Waals surface area (Å²) in [6, 6.07) is 10.3. The smallest absolute Gasteiger partial charge is 0.186 e. The molecule has 0 N–H and O–H groups in total. The van der Waals surface area contributed by atoms with Crippen molar-refractivity contribution in [2.75, 3.05) is 11.4 Å². The maximum atomic E-state index is 11.7. The molecule has 4 heteroatoms. The first kappa shape index (κ1) is 10.5. The van der Waals surface area contributed by atoms with Gasteiger partial charge in [0.15, 0.2) is 5.78 Å². The number of aromatic nitrogens is 1. The van der Waals surface area contributed by atoms with Crippen LogP contribution in [0.2, 0.25) is 0 Å². The van der Waals surface area contributed by atoms with E-state index in [1.54, 1.807) is 0 Å². The van der Waals surface area contributed by atoms with E-state index < -0.39 is 0 Å². The molecule has 0 amide bonds. The lowest BCUT2D eigenvalue weighted by Gasteiger charge is -2.27. The van der Waals surface area contributed by atoms with Crippen LogP contribution in [0.25, 0.3) is 0 Å². The highest BCUT2D eigenvalue weighted by molar-refractivity contribution is 7.04. The summed E-state index contributed by atoms with van der Waals surface area (Å²) in [6.45, 7) is 1.64. The summed E-state index contributed by atoms with van der Waals surface area (Å²) in [5.74, 6) is 0.172. The summed E-state index contributed by atoms with van der Waals surface area (Å²) in [5, 5.41) is 1.97. The zero-order valence-corrected chi connectivity index (χ0v) is 10.1. The largest absolute Gasteiger partial charge is 0.364 e. The Morgan fingerprint density at radius 2 is 2.12 bits per heavy atom. The molecule has 0 spiro atoms. The monoisotopic (exact) mass is 244 g/mol. The first-order valence-electron chi connectivity index (χ1n) is 5.61. The van der Waals surface area contributed by atoms with Gasteiger partial charge in [0.25, 0.3) is 0 Å². The molecule has 1 aromatic carbocycles. The van der Waals surface area contributed by atoms with Gasteiger partial charge < -0.3 is 4.90 Å². The molecule has 1 aromatic heterocycles. The van der Waals surface area contributed by atoms with Crippen molar-refractivity contribution in [2.24, 2.45) is 0 Å². The molecule has 86 valence electrons. The van der Waals surface area contributed by atoms with E-state index in [1.807, 2.05) is 23.6 Å². The lowest BCUT2D eigenvalue weighted by Crippen LogP contribution is -2.31. The summed E-state index contributed by atoms with van der Waals surface area (Å²) in [4.78, 5) is 13.9. The third-order valence-electron chi connectivity index (χ3n) is 2.98. The number of carbonyl (C=O) groups excluding carboxylic acids is 1. The van der Waals surface area contributed by atoms with Crippen molar-refractivity contribution >= 4 is 23.0 Å². The Morgan fingerprint density at radius 3 is 2.94 bits per heavy atom. The van der Waals surface area contributed by atoms with E-state index in [0.29, 0.717) is 12.1 Å². The number of Topliss-reactive ketones (excluding diaryl/α,β-unsaturated/α-hetero) is 1. The van der Waals surface area contributed by atoms with Gasteiger partial charge in [0.2, 0.25) is 0 Å². The Labute approximate surface area is 104 Å². The van der Waals surface area contributed by atoms with Crippen molar-refractivity contribution in [1.29, 1.82) is 0 Å². The number of anilines is 1. The third-order valence-corrected chi connectivity index (χ3v) is 3.60. The fraction of sp³-hybridized carbons (Fsp3) is 0.231. The maximum Gasteiger partial charge on any atom is 0.186 e. The van der Waals surface area contributed by atoms with Crippen molar-refractivity contribution in [2.45, 2.75) is 13.0 Å². The average Bonchev–Trinajstić information content (AvgIpc) is 2.84. The third kappa shape index (κ3) is 1.96. The van der Waals surface area contributed by atoms with Gasteiger partial charge in [-0.15, -0.1) is 0 Å². The zero-order valence-electron chi connectivity index (χ0n) is 9.30. The van der Waals surface area contributed by atoms with E-state index >= 15 is 0 Å². The van der Waals surface area contributed by atoms with E-state index in [2.05, 4.69) is 21.4 Å². The molecule has 0 saturated heterocycles. The van der Waals surface area contributed by atoms with Crippen molar-refractivity contribution in [3.8, 4) is 0 Å². The fourth-order valence-electron chi connectivity index (χ4n) is 2.09. The number of nitrogens with zero attached hydrogens (tertiary/aromatic N) is 2. The van der Waals surface area contributed by atoms with E-state index in [1.165, 1.54) is 17.1 Å². The molecular weight excluding hydrogens is 232 g/mol. The zero-order chi connectivity index (χ0) is 11.7. The minimum absolute atomic E-state index is 0.172. The minimum Gasteiger partial charge on any atom is -0.364 e. The number of fused-ring (bicyclic) bond motifs is 1. The van der Waals surface area contributed by atoms with Crippen LogP contribution in [0.3, 0.4) is 0 Å². The summed E-state index contributed by atoms with van der Waals surface area (Å²) in [5.41, 5.74) is 2.91. The van der Waals surface area contributed by atoms with Crippen LogP contribution in [-0.2, 0) is 6.54 Å². The standard InChI is InChI=1S/C13H12N2OS/c16-12-6-7-15(11-9-17-14-13(11)12)8-10-4-2-1-3-5-10/h1-5,9H,6-8H2. The first-order valence-corrected chi connectivity index (χ1v) is 6.45. The number of hydrogen-bond acceptors (Lipinski definition) is 4. The van der Waals surface area contributed by atoms with Gasteiger partial charge in [0, 0.05) is 24.9 Å². The van der Waals surface area contributed by atoms with E-state index in [0.717, 1.165) is 18.8 Å². The Kier molecular flexibility index (Phi) is 2.65. The highest BCUT2D eigenvalue weighted by Gasteiger charge is 2.25. The summed E-state index contributed by atoms with van der Waals surface area (Å²) < 4.78 is 4.18. The molecule has 0 unspecified atom stereocenters. The summed E-state index contributed by atoms with van der Waals surface area (Å²) >= 11 is 1.36. The highest BCUT2D eigenvalue weighted by Crippen LogP contribution is 2.29. The van der Waals surface area contributed by atoms with Crippen molar-refractivity contribution in [3.63, 3.8) is 0 Å². The molecule has 0 aliphatic carbocycles. The number of hydrogen-bond donors (Lipinski definition) is 0. The van der Waals surface area contributed by atoms with Crippen LogP contribution in [0.15, 0.2) is 35.7 Å².